The van der Waals surface area contributed by atoms with E-state index in [-0.39, 0.29) is 0 Å². The van der Waals surface area contributed by atoms with Crippen molar-refractivity contribution in [3.63, 3.8) is 0 Å². The molecule has 1 saturated heterocycles. The molecule has 3 nitrogen and oxygen atoms in total. The molecule has 3 heteroatoms. The molecule has 1 aromatic carbocycles. The molecule has 0 radical (unpaired) electrons. The molecule has 0 saturated carbocycles. The highest BCUT2D eigenvalue weighted by atomic mass is 16.5. The molecule has 0 aliphatic carbocycles. The third-order valence-corrected chi connectivity index (χ3v) is 3.97. The fourth-order valence-corrected chi connectivity index (χ4v) is 2.87. The van der Waals surface area contributed by atoms with Gasteiger partial charge in [0.2, 0.25) is 0 Å². The monoisotopic (exact) mass is 290 g/mol. The maximum absolute atomic E-state index is 5.73. The summed E-state index contributed by atoms with van der Waals surface area (Å²) in [5.74, 6) is 0.694. The topological polar surface area (TPSA) is 24.5 Å². The number of rotatable bonds is 8. The second kappa shape index (κ2) is 8.52. The minimum Gasteiger partial charge on any atom is -0.377 e. The average Bonchev–Trinajstić information content (AvgIpc) is 2.93. The lowest BCUT2D eigenvalue weighted by molar-refractivity contribution is 0.0792. The standard InChI is InChI=1S/C18H30N2O/c1-15(2)11-19-12-16-7-4-5-8-17(16)13-20(3)14-18-9-6-10-21-18/h4-5,7-8,15,18-19H,6,9-14H2,1-3H3. The van der Waals surface area contributed by atoms with Gasteiger partial charge < -0.3 is 10.1 Å². The molecule has 21 heavy (non-hydrogen) atoms. The van der Waals surface area contributed by atoms with Gasteiger partial charge in [0.05, 0.1) is 6.10 Å². The van der Waals surface area contributed by atoms with E-state index in [2.05, 4.69) is 55.4 Å². The Hall–Kier alpha value is -0.900. The maximum Gasteiger partial charge on any atom is 0.0702 e. The molecule has 0 aromatic heterocycles. The molecule has 0 spiro atoms. The minimum absolute atomic E-state index is 0.432. The average molecular weight is 290 g/mol. The van der Waals surface area contributed by atoms with Crippen molar-refractivity contribution in [2.45, 2.75) is 45.9 Å². The lowest BCUT2D eigenvalue weighted by Crippen LogP contribution is -2.29. The molecule has 0 amide bonds. The molecule has 1 heterocycles. The number of benzene rings is 1. The Kier molecular flexibility index (Phi) is 6.68. The second-order valence-corrected chi connectivity index (χ2v) is 6.63. The Morgan fingerprint density at radius 3 is 2.71 bits per heavy atom. The summed E-state index contributed by atoms with van der Waals surface area (Å²) in [5.41, 5.74) is 2.84. The molecule has 1 unspecified atom stereocenters. The first-order chi connectivity index (χ1) is 10.1. The Bertz CT molecular complexity index is 413. The summed E-state index contributed by atoms with van der Waals surface area (Å²) in [6.45, 7) is 9.49. The zero-order chi connectivity index (χ0) is 15.1. The number of ether oxygens (including phenoxy) is 1. The molecule has 1 atom stereocenters. The fraction of sp³-hybridized carbons (Fsp3) is 0.667. The molecule has 1 fully saturated rings. The van der Waals surface area contributed by atoms with Gasteiger partial charge in [-0.3, -0.25) is 4.90 Å². The second-order valence-electron chi connectivity index (χ2n) is 6.63. The van der Waals surface area contributed by atoms with Gasteiger partial charge in [-0.15, -0.1) is 0 Å². The van der Waals surface area contributed by atoms with Crippen LogP contribution in [0.5, 0.6) is 0 Å². The quantitative estimate of drug-likeness (QED) is 0.796. The number of nitrogens with one attached hydrogen (secondary N) is 1. The Labute approximate surface area is 129 Å². The predicted octanol–water partition coefficient (Wildman–Crippen LogP) is 3.04. The summed E-state index contributed by atoms with van der Waals surface area (Å²) in [6, 6.07) is 8.76. The van der Waals surface area contributed by atoms with Gasteiger partial charge >= 0.3 is 0 Å². The van der Waals surface area contributed by atoms with Gasteiger partial charge in [-0.25, -0.2) is 0 Å². The summed E-state index contributed by atoms with van der Waals surface area (Å²) >= 11 is 0. The van der Waals surface area contributed by atoms with Gasteiger partial charge in [-0.2, -0.15) is 0 Å². The number of likely N-dealkylation sites (N-methyl/N-ethyl adjacent to an activating group) is 1. The highest BCUT2D eigenvalue weighted by molar-refractivity contribution is 5.27. The smallest absolute Gasteiger partial charge is 0.0702 e. The third-order valence-electron chi connectivity index (χ3n) is 3.97. The molecule has 1 N–H and O–H groups in total. The number of nitrogens with zero attached hydrogens (tertiary/aromatic N) is 1. The molecular weight excluding hydrogens is 260 g/mol. The van der Waals surface area contributed by atoms with Gasteiger partial charge in [0.25, 0.3) is 0 Å². The lowest BCUT2D eigenvalue weighted by Gasteiger charge is -2.22. The van der Waals surface area contributed by atoms with E-state index in [0.717, 1.165) is 32.8 Å². The van der Waals surface area contributed by atoms with Crippen molar-refractivity contribution in [1.29, 1.82) is 0 Å². The van der Waals surface area contributed by atoms with E-state index in [1.165, 1.54) is 24.0 Å². The lowest BCUT2D eigenvalue weighted by atomic mass is 10.1. The largest absolute Gasteiger partial charge is 0.377 e. The molecule has 1 aliphatic heterocycles. The minimum atomic E-state index is 0.432. The first-order valence-electron chi connectivity index (χ1n) is 8.23. The van der Waals surface area contributed by atoms with Crippen molar-refractivity contribution in [3.8, 4) is 0 Å². The van der Waals surface area contributed by atoms with Crippen LogP contribution in [-0.4, -0.2) is 37.7 Å². The summed E-state index contributed by atoms with van der Waals surface area (Å²) in [7, 11) is 2.19. The fourth-order valence-electron chi connectivity index (χ4n) is 2.87. The zero-order valence-electron chi connectivity index (χ0n) is 13.8. The predicted molar refractivity (Wildman–Crippen MR) is 88.3 cm³/mol. The van der Waals surface area contributed by atoms with Crippen LogP contribution >= 0.6 is 0 Å². The molecule has 1 aromatic rings. The van der Waals surface area contributed by atoms with Crippen LogP contribution in [0.15, 0.2) is 24.3 Å². The van der Waals surface area contributed by atoms with E-state index in [9.17, 15) is 0 Å². The molecule has 118 valence electrons. The van der Waals surface area contributed by atoms with E-state index in [1.54, 1.807) is 0 Å². The molecule has 0 bridgehead atoms. The summed E-state index contributed by atoms with van der Waals surface area (Å²) in [6.07, 6.45) is 2.86. The third kappa shape index (κ3) is 5.77. The Morgan fingerprint density at radius 2 is 2.05 bits per heavy atom. The zero-order valence-corrected chi connectivity index (χ0v) is 13.8. The van der Waals surface area contributed by atoms with Crippen LogP contribution in [0.4, 0.5) is 0 Å². The normalized spacial score (nSPS) is 18.8. The SMILES string of the molecule is CC(C)CNCc1ccccc1CN(C)CC1CCCO1. The van der Waals surface area contributed by atoms with Crippen molar-refractivity contribution in [1.82, 2.24) is 10.2 Å². The van der Waals surface area contributed by atoms with Crippen molar-refractivity contribution < 1.29 is 4.74 Å². The number of hydrogen-bond donors (Lipinski definition) is 1. The summed E-state index contributed by atoms with van der Waals surface area (Å²) < 4.78 is 5.73. The van der Waals surface area contributed by atoms with Gasteiger partial charge in [-0.1, -0.05) is 38.1 Å². The van der Waals surface area contributed by atoms with Crippen LogP contribution in [-0.2, 0) is 17.8 Å². The van der Waals surface area contributed by atoms with Crippen LogP contribution in [0.3, 0.4) is 0 Å². The summed E-state index contributed by atoms with van der Waals surface area (Å²) in [5, 5.41) is 3.54. The Balaban J connectivity index is 1.86. The molecule has 1 aliphatic rings. The van der Waals surface area contributed by atoms with Crippen molar-refractivity contribution in [3.05, 3.63) is 35.4 Å². The van der Waals surface area contributed by atoms with E-state index >= 15 is 0 Å². The van der Waals surface area contributed by atoms with Gasteiger partial charge in [-0.05, 0) is 43.5 Å². The Morgan fingerprint density at radius 1 is 1.29 bits per heavy atom. The maximum atomic E-state index is 5.73. The van der Waals surface area contributed by atoms with Crippen LogP contribution in [0.25, 0.3) is 0 Å². The van der Waals surface area contributed by atoms with E-state index in [1.807, 2.05) is 0 Å². The van der Waals surface area contributed by atoms with Crippen LogP contribution in [0.1, 0.15) is 37.8 Å². The highest BCUT2D eigenvalue weighted by Gasteiger charge is 2.17. The first-order valence-corrected chi connectivity index (χ1v) is 8.23. The van der Waals surface area contributed by atoms with Crippen LogP contribution < -0.4 is 5.32 Å². The van der Waals surface area contributed by atoms with E-state index < -0.39 is 0 Å². The van der Waals surface area contributed by atoms with E-state index in [4.69, 9.17) is 4.74 Å². The van der Waals surface area contributed by atoms with E-state index in [0.29, 0.717) is 12.0 Å². The first kappa shape index (κ1) is 16.5. The molecule has 2 rings (SSSR count). The van der Waals surface area contributed by atoms with Gasteiger partial charge in [0.15, 0.2) is 0 Å². The van der Waals surface area contributed by atoms with Gasteiger partial charge in [0, 0.05) is 26.2 Å². The highest BCUT2D eigenvalue weighted by Crippen LogP contribution is 2.16. The van der Waals surface area contributed by atoms with Crippen molar-refractivity contribution in [2.75, 3.05) is 26.7 Å². The van der Waals surface area contributed by atoms with Crippen molar-refractivity contribution >= 4 is 0 Å². The summed E-state index contributed by atoms with van der Waals surface area (Å²) in [4.78, 5) is 2.39. The number of hydrogen-bond acceptors (Lipinski definition) is 3. The van der Waals surface area contributed by atoms with Crippen molar-refractivity contribution in [2.24, 2.45) is 5.92 Å². The molecular formula is C18H30N2O. The van der Waals surface area contributed by atoms with Crippen LogP contribution in [0, 0.1) is 5.92 Å². The van der Waals surface area contributed by atoms with Gasteiger partial charge in [0.1, 0.15) is 0 Å². The van der Waals surface area contributed by atoms with Crippen LogP contribution in [0.2, 0.25) is 0 Å².